The molecule has 0 saturated carbocycles. The second kappa shape index (κ2) is 10.7. The third-order valence-electron chi connectivity index (χ3n) is 4.27. The summed E-state index contributed by atoms with van der Waals surface area (Å²) in [5.74, 6) is 0.732. The van der Waals surface area contributed by atoms with Gasteiger partial charge in [0.25, 0.3) is 11.8 Å². The Balaban J connectivity index is 1.68. The van der Waals surface area contributed by atoms with E-state index < -0.39 is 11.8 Å². The molecule has 28 heavy (non-hydrogen) atoms. The van der Waals surface area contributed by atoms with E-state index in [1.807, 2.05) is 43.3 Å². The van der Waals surface area contributed by atoms with Crippen molar-refractivity contribution in [3.05, 3.63) is 58.1 Å². The molecule has 6 nitrogen and oxygen atoms in total. The van der Waals surface area contributed by atoms with Crippen molar-refractivity contribution in [3.8, 4) is 11.5 Å². The van der Waals surface area contributed by atoms with E-state index >= 15 is 0 Å². The lowest BCUT2D eigenvalue weighted by Crippen LogP contribution is -2.45. The van der Waals surface area contributed by atoms with Crippen LogP contribution >= 0.6 is 15.9 Å². The average molecular weight is 449 g/mol. The Kier molecular flexibility index (Phi) is 8.32. The summed E-state index contributed by atoms with van der Waals surface area (Å²) >= 11 is 3.40. The fourth-order valence-corrected chi connectivity index (χ4v) is 2.59. The minimum absolute atomic E-state index is 0.199. The number of hydrogen-bond donors (Lipinski definition) is 2. The van der Waals surface area contributed by atoms with Gasteiger partial charge in [0.05, 0.1) is 0 Å². The number of halogens is 1. The summed E-state index contributed by atoms with van der Waals surface area (Å²) in [7, 11) is 0. The number of carbonyl (C=O) groups excluding carboxylic acids is 2. The van der Waals surface area contributed by atoms with Crippen LogP contribution in [0.1, 0.15) is 37.3 Å². The van der Waals surface area contributed by atoms with Gasteiger partial charge in [0, 0.05) is 4.47 Å². The summed E-state index contributed by atoms with van der Waals surface area (Å²) in [6.45, 7) is 5.82. The highest BCUT2D eigenvalue weighted by atomic mass is 79.9. The zero-order valence-electron chi connectivity index (χ0n) is 16.3. The van der Waals surface area contributed by atoms with Crippen LogP contribution in [0.4, 0.5) is 0 Å². The van der Waals surface area contributed by atoms with Crippen LogP contribution in [0.15, 0.2) is 46.9 Å². The number of hydrogen-bond acceptors (Lipinski definition) is 4. The van der Waals surface area contributed by atoms with Crippen molar-refractivity contribution in [3.63, 3.8) is 0 Å². The standard InChI is InChI=1S/C21H25BrN2O4/c1-4-14(2)16-5-7-17(8-6-16)27-12-20(25)23-24-21(26)13-28-18-9-10-19(22)15(3)11-18/h5-11,14H,4,12-13H2,1-3H3,(H,23,25)(H,24,26). The number of ether oxygens (including phenoxy) is 2. The normalized spacial score (nSPS) is 11.4. The number of carbonyl (C=O) groups is 2. The first-order chi connectivity index (χ1) is 13.4. The van der Waals surface area contributed by atoms with Gasteiger partial charge in [0.15, 0.2) is 13.2 Å². The minimum Gasteiger partial charge on any atom is -0.484 e. The van der Waals surface area contributed by atoms with Crippen molar-refractivity contribution in [1.82, 2.24) is 10.9 Å². The second-order valence-electron chi connectivity index (χ2n) is 6.46. The molecule has 0 aliphatic heterocycles. The van der Waals surface area contributed by atoms with Gasteiger partial charge in [-0.1, -0.05) is 41.9 Å². The van der Waals surface area contributed by atoms with Gasteiger partial charge < -0.3 is 9.47 Å². The minimum atomic E-state index is -0.466. The predicted octanol–water partition coefficient (Wildman–Crippen LogP) is 3.88. The molecule has 0 aliphatic rings. The van der Waals surface area contributed by atoms with Crippen LogP contribution in [-0.4, -0.2) is 25.0 Å². The maximum Gasteiger partial charge on any atom is 0.276 e. The highest BCUT2D eigenvalue weighted by molar-refractivity contribution is 9.10. The fourth-order valence-electron chi connectivity index (χ4n) is 2.34. The van der Waals surface area contributed by atoms with Crippen LogP contribution in [-0.2, 0) is 9.59 Å². The third kappa shape index (κ3) is 6.88. The summed E-state index contributed by atoms with van der Waals surface area (Å²) in [6, 6.07) is 13.1. The van der Waals surface area contributed by atoms with Crippen molar-refractivity contribution in [2.75, 3.05) is 13.2 Å². The average Bonchev–Trinajstić information content (AvgIpc) is 2.71. The van der Waals surface area contributed by atoms with Crippen LogP contribution in [0, 0.1) is 6.92 Å². The lowest BCUT2D eigenvalue weighted by Gasteiger charge is -2.12. The maximum atomic E-state index is 11.8. The molecule has 150 valence electrons. The topological polar surface area (TPSA) is 76.7 Å². The van der Waals surface area contributed by atoms with Gasteiger partial charge in [-0.2, -0.15) is 0 Å². The highest BCUT2D eigenvalue weighted by Crippen LogP contribution is 2.22. The lowest BCUT2D eigenvalue weighted by atomic mass is 9.99. The fraction of sp³-hybridized carbons (Fsp3) is 0.333. The molecule has 0 radical (unpaired) electrons. The summed E-state index contributed by atoms with van der Waals surface area (Å²) in [5.41, 5.74) is 6.82. The maximum absolute atomic E-state index is 11.8. The number of benzene rings is 2. The molecule has 2 aromatic carbocycles. The van der Waals surface area contributed by atoms with E-state index in [9.17, 15) is 9.59 Å². The molecule has 1 atom stereocenters. The number of nitrogens with one attached hydrogen (secondary N) is 2. The van der Waals surface area contributed by atoms with Crippen molar-refractivity contribution in [2.24, 2.45) is 0 Å². The summed E-state index contributed by atoms with van der Waals surface area (Å²) in [4.78, 5) is 23.6. The molecule has 0 saturated heterocycles. The first-order valence-electron chi connectivity index (χ1n) is 9.08. The first kappa shape index (κ1) is 21.8. The van der Waals surface area contributed by atoms with Crippen molar-refractivity contribution in [1.29, 1.82) is 0 Å². The van der Waals surface area contributed by atoms with Crippen LogP contribution < -0.4 is 20.3 Å². The van der Waals surface area contributed by atoms with Gasteiger partial charge in [-0.3, -0.25) is 20.4 Å². The Bertz CT molecular complexity index is 809. The Labute approximate surface area is 173 Å². The van der Waals surface area contributed by atoms with E-state index in [1.165, 1.54) is 5.56 Å². The van der Waals surface area contributed by atoms with Crippen LogP contribution in [0.25, 0.3) is 0 Å². The molecule has 2 N–H and O–H groups in total. The lowest BCUT2D eigenvalue weighted by molar-refractivity contribution is -0.131. The summed E-state index contributed by atoms with van der Waals surface area (Å²) in [5, 5.41) is 0. The van der Waals surface area contributed by atoms with E-state index in [-0.39, 0.29) is 13.2 Å². The van der Waals surface area contributed by atoms with Crippen molar-refractivity contribution in [2.45, 2.75) is 33.1 Å². The largest absolute Gasteiger partial charge is 0.484 e. The molecular weight excluding hydrogens is 424 g/mol. The summed E-state index contributed by atoms with van der Waals surface area (Å²) in [6.07, 6.45) is 1.06. The second-order valence-corrected chi connectivity index (χ2v) is 7.32. The van der Waals surface area contributed by atoms with Crippen LogP contribution in [0.2, 0.25) is 0 Å². The highest BCUT2D eigenvalue weighted by Gasteiger charge is 2.08. The Morgan fingerprint density at radius 3 is 2.04 bits per heavy atom. The Hall–Kier alpha value is -2.54. The molecular formula is C21H25BrN2O4. The van der Waals surface area contributed by atoms with Crippen molar-refractivity contribution >= 4 is 27.7 Å². The SMILES string of the molecule is CCC(C)c1ccc(OCC(=O)NNC(=O)COc2ccc(Br)c(C)c2)cc1. The van der Waals surface area contributed by atoms with E-state index in [4.69, 9.17) is 9.47 Å². The van der Waals surface area contributed by atoms with Gasteiger partial charge in [-0.05, 0) is 60.7 Å². The zero-order valence-corrected chi connectivity index (χ0v) is 17.8. The zero-order chi connectivity index (χ0) is 20.5. The molecule has 2 aromatic rings. The number of rotatable bonds is 8. The smallest absolute Gasteiger partial charge is 0.276 e. The molecule has 1 unspecified atom stereocenters. The molecule has 0 aromatic heterocycles. The Morgan fingerprint density at radius 1 is 0.964 bits per heavy atom. The number of amides is 2. The van der Waals surface area contributed by atoms with Crippen LogP contribution in [0.5, 0.6) is 11.5 Å². The van der Waals surface area contributed by atoms with E-state index in [0.717, 1.165) is 16.5 Å². The van der Waals surface area contributed by atoms with Gasteiger partial charge in [-0.25, -0.2) is 0 Å². The molecule has 2 rings (SSSR count). The van der Waals surface area contributed by atoms with Gasteiger partial charge in [0.2, 0.25) is 0 Å². The van der Waals surface area contributed by atoms with Gasteiger partial charge >= 0.3 is 0 Å². The Morgan fingerprint density at radius 2 is 1.50 bits per heavy atom. The molecule has 0 aliphatic carbocycles. The van der Waals surface area contributed by atoms with E-state index in [1.54, 1.807) is 6.07 Å². The molecule has 0 heterocycles. The van der Waals surface area contributed by atoms with Crippen LogP contribution in [0.3, 0.4) is 0 Å². The van der Waals surface area contributed by atoms with E-state index in [2.05, 4.69) is 40.6 Å². The first-order valence-corrected chi connectivity index (χ1v) is 9.87. The number of hydrazine groups is 1. The predicted molar refractivity (Wildman–Crippen MR) is 111 cm³/mol. The van der Waals surface area contributed by atoms with Crippen molar-refractivity contribution < 1.29 is 19.1 Å². The molecule has 0 bridgehead atoms. The molecule has 0 spiro atoms. The quantitative estimate of drug-likeness (QED) is 0.600. The molecule has 2 amide bonds. The van der Waals surface area contributed by atoms with Gasteiger partial charge in [-0.15, -0.1) is 0 Å². The summed E-state index contributed by atoms with van der Waals surface area (Å²) < 4.78 is 11.8. The van der Waals surface area contributed by atoms with Gasteiger partial charge in [0.1, 0.15) is 11.5 Å². The van der Waals surface area contributed by atoms with E-state index in [0.29, 0.717) is 17.4 Å². The number of aryl methyl sites for hydroxylation is 1. The molecule has 7 heteroatoms. The molecule has 0 fully saturated rings. The third-order valence-corrected chi connectivity index (χ3v) is 5.16. The monoisotopic (exact) mass is 448 g/mol.